The van der Waals surface area contributed by atoms with Crippen molar-refractivity contribution in [1.29, 1.82) is 0 Å². The zero-order valence-electron chi connectivity index (χ0n) is 9.24. The van der Waals surface area contributed by atoms with E-state index in [1.807, 2.05) is 59.3 Å². The van der Waals surface area contributed by atoms with E-state index < -0.39 is 0 Å². The van der Waals surface area contributed by atoms with Gasteiger partial charge in [-0.15, -0.1) is 0 Å². The second-order valence-corrected chi connectivity index (χ2v) is 3.95. The van der Waals surface area contributed by atoms with E-state index in [1.54, 1.807) is 0 Å². The van der Waals surface area contributed by atoms with Crippen LogP contribution in [0.15, 0.2) is 54.9 Å². The smallest absolute Gasteiger partial charge is 0.137 e. The van der Waals surface area contributed by atoms with Crippen molar-refractivity contribution in [3.63, 3.8) is 0 Å². The Morgan fingerprint density at radius 2 is 1.88 bits per heavy atom. The molecule has 0 fully saturated rings. The van der Waals surface area contributed by atoms with Gasteiger partial charge in [0, 0.05) is 18.0 Å². The number of pyridine rings is 1. The fraction of sp³-hybridized carbons (Fsp3) is 0.0714. The first-order valence-corrected chi connectivity index (χ1v) is 5.51. The Balaban J connectivity index is 2.07. The van der Waals surface area contributed by atoms with E-state index in [0.717, 1.165) is 22.5 Å². The van der Waals surface area contributed by atoms with Crippen LogP contribution in [-0.2, 0) is 6.61 Å². The van der Waals surface area contributed by atoms with Gasteiger partial charge >= 0.3 is 0 Å². The highest BCUT2D eigenvalue weighted by Crippen LogP contribution is 2.19. The van der Waals surface area contributed by atoms with Crippen molar-refractivity contribution in [3.05, 3.63) is 60.4 Å². The molecule has 17 heavy (non-hydrogen) atoms. The summed E-state index contributed by atoms with van der Waals surface area (Å²) in [6.45, 7) is 0.0748. The summed E-state index contributed by atoms with van der Waals surface area (Å²) in [4.78, 5) is 4.54. The Labute approximate surface area is 99.0 Å². The minimum atomic E-state index is 0.0748. The molecule has 0 bridgehead atoms. The van der Waals surface area contributed by atoms with Crippen molar-refractivity contribution >= 4 is 5.65 Å². The van der Waals surface area contributed by atoms with Crippen LogP contribution in [0.5, 0.6) is 0 Å². The van der Waals surface area contributed by atoms with Crippen molar-refractivity contribution < 1.29 is 5.11 Å². The average Bonchev–Trinajstić information content (AvgIpc) is 2.82. The summed E-state index contributed by atoms with van der Waals surface area (Å²) in [6.07, 6.45) is 3.98. The summed E-state index contributed by atoms with van der Waals surface area (Å²) < 4.78 is 2.00. The molecule has 1 aromatic carbocycles. The molecule has 0 aliphatic carbocycles. The van der Waals surface area contributed by atoms with Gasteiger partial charge in [0.1, 0.15) is 5.65 Å². The largest absolute Gasteiger partial charge is 0.392 e. The van der Waals surface area contributed by atoms with Crippen molar-refractivity contribution in [2.24, 2.45) is 0 Å². The highest BCUT2D eigenvalue weighted by Gasteiger charge is 2.03. The lowest BCUT2D eigenvalue weighted by atomic mass is 10.1. The lowest BCUT2D eigenvalue weighted by molar-refractivity contribution is 0.282. The van der Waals surface area contributed by atoms with Crippen LogP contribution >= 0.6 is 0 Å². The van der Waals surface area contributed by atoms with Crippen molar-refractivity contribution in [2.75, 3.05) is 0 Å². The number of aliphatic hydroxyl groups excluding tert-OH is 1. The molecule has 0 amide bonds. The Kier molecular flexibility index (Phi) is 2.38. The second kappa shape index (κ2) is 4.03. The number of hydrogen-bond acceptors (Lipinski definition) is 2. The Bertz CT molecular complexity index is 608. The molecule has 3 rings (SSSR count). The summed E-state index contributed by atoms with van der Waals surface area (Å²) in [6, 6.07) is 13.7. The minimum absolute atomic E-state index is 0.0748. The third-order valence-corrected chi connectivity index (χ3v) is 2.80. The molecular weight excluding hydrogens is 212 g/mol. The molecule has 0 unspecified atom stereocenters. The van der Waals surface area contributed by atoms with E-state index in [4.69, 9.17) is 5.11 Å². The number of imidazole rings is 1. The van der Waals surface area contributed by atoms with E-state index >= 15 is 0 Å². The van der Waals surface area contributed by atoms with Gasteiger partial charge in [-0.05, 0) is 17.7 Å². The van der Waals surface area contributed by atoms with E-state index in [0.29, 0.717) is 0 Å². The van der Waals surface area contributed by atoms with Gasteiger partial charge in [0.15, 0.2) is 0 Å². The van der Waals surface area contributed by atoms with Gasteiger partial charge in [-0.3, -0.25) is 0 Å². The lowest BCUT2D eigenvalue weighted by Crippen LogP contribution is -1.82. The van der Waals surface area contributed by atoms with Crippen LogP contribution in [0.3, 0.4) is 0 Å². The van der Waals surface area contributed by atoms with E-state index in [2.05, 4.69) is 4.98 Å². The maximum Gasteiger partial charge on any atom is 0.137 e. The molecule has 0 radical (unpaired) electrons. The monoisotopic (exact) mass is 224 g/mol. The Hall–Kier alpha value is -2.13. The first kappa shape index (κ1) is 10.1. The molecule has 0 spiro atoms. The summed E-state index contributed by atoms with van der Waals surface area (Å²) >= 11 is 0. The summed E-state index contributed by atoms with van der Waals surface area (Å²) in [7, 11) is 0. The van der Waals surface area contributed by atoms with Crippen LogP contribution in [0, 0.1) is 0 Å². The first-order chi connectivity index (χ1) is 8.36. The summed E-state index contributed by atoms with van der Waals surface area (Å²) in [5.41, 5.74) is 3.86. The molecule has 84 valence electrons. The van der Waals surface area contributed by atoms with Crippen LogP contribution in [0.4, 0.5) is 0 Å². The van der Waals surface area contributed by atoms with E-state index in [-0.39, 0.29) is 6.61 Å². The van der Waals surface area contributed by atoms with Gasteiger partial charge in [0.05, 0.1) is 12.3 Å². The third kappa shape index (κ3) is 1.81. The highest BCUT2D eigenvalue weighted by molar-refractivity contribution is 5.62. The van der Waals surface area contributed by atoms with Gasteiger partial charge in [-0.25, -0.2) is 4.98 Å². The highest BCUT2D eigenvalue weighted by atomic mass is 16.3. The Morgan fingerprint density at radius 1 is 1.06 bits per heavy atom. The molecule has 0 atom stereocenters. The number of hydrogen-bond donors (Lipinski definition) is 1. The average molecular weight is 224 g/mol. The minimum Gasteiger partial charge on any atom is -0.392 e. The Morgan fingerprint density at radius 3 is 2.59 bits per heavy atom. The van der Waals surface area contributed by atoms with Crippen molar-refractivity contribution in [2.45, 2.75) is 6.61 Å². The molecular formula is C14H12N2O. The van der Waals surface area contributed by atoms with Crippen molar-refractivity contribution in [1.82, 2.24) is 9.38 Å². The molecule has 3 aromatic rings. The van der Waals surface area contributed by atoms with Crippen LogP contribution in [-0.4, -0.2) is 14.5 Å². The van der Waals surface area contributed by atoms with E-state index in [1.165, 1.54) is 0 Å². The topological polar surface area (TPSA) is 37.5 Å². The maximum atomic E-state index is 8.99. The number of nitrogens with zero attached hydrogens (tertiary/aromatic N) is 2. The van der Waals surface area contributed by atoms with E-state index in [9.17, 15) is 0 Å². The number of aromatic nitrogens is 2. The molecule has 3 heteroatoms. The van der Waals surface area contributed by atoms with Gasteiger partial charge in [0.25, 0.3) is 0 Å². The van der Waals surface area contributed by atoms with Crippen LogP contribution in [0.1, 0.15) is 5.56 Å². The molecule has 1 N–H and O–H groups in total. The fourth-order valence-corrected chi connectivity index (χ4v) is 1.85. The van der Waals surface area contributed by atoms with Gasteiger partial charge in [-0.2, -0.15) is 0 Å². The normalized spacial score (nSPS) is 10.9. The predicted octanol–water partition coefficient (Wildman–Crippen LogP) is 2.49. The number of aliphatic hydroxyl groups is 1. The van der Waals surface area contributed by atoms with Crippen LogP contribution in [0.25, 0.3) is 16.9 Å². The second-order valence-electron chi connectivity index (χ2n) is 3.95. The molecule has 0 saturated heterocycles. The summed E-state index contributed by atoms with van der Waals surface area (Å²) in [5.74, 6) is 0. The molecule has 3 nitrogen and oxygen atoms in total. The fourth-order valence-electron chi connectivity index (χ4n) is 1.85. The molecule has 0 aliphatic rings. The quantitative estimate of drug-likeness (QED) is 0.726. The standard InChI is InChI=1S/C14H12N2O/c17-10-11-4-6-12(7-5-11)13-9-16-8-2-1-3-14(16)15-13/h1-9,17H,10H2. The maximum absolute atomic E-state index is 8.99. The van der Waals surface area contributed by atoms with Gasteiger partial charge in [-0.1, -0.05) is 30.3 Å². The lowest BCUT2D eigenvalue weighted by Gasteiger charge is -1.98. The molecule has 2 aromatic heterocycles. The number of fused-ring (bicyclic) bond motifs is 1. The van der Waals surface area contributed by atoms with Crippen LogP contribution < -0.4 is 0 Å². The third-order valence-electron chi connectivity index (χ3n) is 2.80. The zero-order chi connectivity index (χ0) is 11.7. The number of rotatable bonds is 2. The zero-order valence-corrected chi connectivity index (χ0v) is 9.24. The molecule has 0 saturated carbocycles. The SMILES string of the molecule is OCc1ccc(-c2cn3ccccc3n2)cc1. The van der Waals surface area contributed by atoms with Crippen LogP contribution in [0.2, 0.25) is 0 Å². The number of benzene rings is 1. The van der Waals surface area contributed by atoms with Crippen molar-refractivity contribution in [3.8, 4) is 11.3 Å². The predicted molar refractivity (Wildman–Crippen MR) is 66.6 cm³/mol. The molecule has 0 aliphatic heterocycles. The van der Waals surface area contributed by atoms with Gasteiger partial charge in [0.2, 0.25) is 0 Å². The first-order valence-electron chi connectivity index (χ1n) is 5.51. The summed E-state index contributed by atoms with van der Waals surface area (Å²) in [5, 5.41) is 8.99. The van der Waals surface area contributed by atoms with Gasteiger partial charge < -0.3 is 9.51 Å². The molecule has 2 heterocycles.